The van der Waals surface area contributed by atoms with E-state index in [0.29, 0.717) is 23.8 Å². The molecule has 0 saturated carbocycles. The molecule has 0 bridgehead atoms. The van der Waals surface area contributed by atoms with Crippen molar-refractivity contribution in [2.24, 2.45) is 0 Å². The zero-order valence-electron chi connectivity index (χ0n) is 25.7. The largest absolute Gasteiger partial charge is 0.490 e. The standard InChI is InChI=1S/C31H45N7O4S/c1-21(19-32-2)27(33-3)20-37(4)30(39)22-5-7-24(8-6-22)42-25-9-14-38(15-10-25)31-35-26-13-18-43(40)28(26)29(36-31)34-23-11-16-41-17-12-23/h5-8,19,23,25,27,32-33H,9-18,20H2,1-4H3,(H,34,35,36)/b21-19-. The average molecular weight is 612 g/mol. The molecule has 1 aromatic heterocycles. The number of likely N-dealkylation sites (N-methyl/N-ethyl adjacent to an activating group) is 2. The highest BCUT2D eigenvalue weighted by molar-refractivity contribution is 7.85. The molecule has 11 nitrogen and oxygen atoms in total. The van der Waals surface area contributed by atoms with E-state index in [9.17, 15) is 9.00 Å². The lowest BCUT2D eigenvalue weighted by Gasteiger charge is -2.33. The number of amides is 1. The van der Waals surface area contributed by atoms with Crippen molar-refractivity contribution in [2.75, 3.05) is 70.0 Å². The van der Waals surface area contributed by atoms with Gasteiger partial charge in [0, 0.05) is 89.6 Å². The Bertz CT molecular complexity index is 1310. The number of aryl methyl sites for hydroxylation is 1. The molecule has 3 aliphatic heterocycles. The van der Waals surface area contributed by atoms with Crippen molar-refractivity contribution >= 4 is 28.5 Å². The van der Waals surface area contributed by atoms with Crippen LogP contribution in [0.5, 0.6) is 5.75 Å². The van der Waals surface area contributed by atoms with Crippen molar-refractivity contribution in [1.82, 2.24) is 25.5 Å². The van der Waals surface area contributed by atoms with Crippen LogP contribution in [0.2, 0.25) is 0 Å². The zero-order valence-corrected chi connectivity index (χ0v) is 26.5. The quantitative estimate of drug-likeness (QED) is 0.350. The summed E-state index contributed by atoms with van der Waals surface area (Å²) in [6, 6.07) is 7.78. The van der Waals surface area contributed by atoms with E-state index in [1.165, 1.54) is 0 Å². The molecule has 1 amide bonds. The SMILES string of the molecule is CN/C=C(/C)C(CN(C)C(=O)c1ccc(OC2CCN(c3nc4c(c(NC5CCOCC5)n3)S(=O)CC4)CC2)cc1)NC. The molecule has 12 heteroatoms. The Morgan fingerprint density at radius 3 is 2.56 bits per heavy atom. The van der Waals surface area contributed by atoms with Crippen LogP contribution in [0.1, 0.15) is 48.7 Å². The molecule has 2 unspecified atom stereocenters. The van der Waals surface area contributed by atoms with Crippen molar-refractivity contribution < 1.29 is 18.5 Å². The average Bonchev–Trinajstić information content (AvgIpc) is 3.41. The van der Waals surface area contributed by atoms with E-state index in [0.717, 1.165) is 86.1 Å². The second-order valence-electron chi connectivity index (χ2n) is 11.5. The molecule has 2 saturated heterocycles. The van der Waals surface area contributed by atoms with Crippen LogP contribution < -0.4 is 25.6 Å². The predicted octanol–water partition coefficient (Wildman–Crippen LogP) is 2.56. The number of carbonyl (C=O) groups is 1. The summed E-state index contributed by atoms with van der Waals surface area (Å²) in [5.74, 6) is 2.78. The van der Waals surface area contributed by atoms with Crippen LogP contribution in [-0.2, 0) is 22.0 Å². The highest BCUT2D eigenvalue weighted by Gasteiger charge is 2.30. The topological polar surface area (TPSA) is 121 Å². The van der Waals surface area contributed by atoms with E-state index in [4.69, 9.17) is 19.4 Å². The van der Waals surface area contributed by atoms with Crippen molar-refractivity contribution in [2.45, 2.75) is 62.1 Å². The molecular formula is C31H45N7O4S. The second kappa shape index (κ2) is 14.5. The van der Waals surface area contributed by atoms with Gasteiger partial charge in [0.15, 0.2) is 0 Å². The van der Waals surface area contributed by atoms with Gasteiger partial charge >= 0.3 is 0 Å². The Labute approximate surface area is 257 Å². The Balaban J connectivity index is 1.16. The molecule has 3 N–H and O–H groups in total. The third-order valence-corrected chi connectivity index (χ3v) is 9.90. The van der Waals surface area contributed by atoms with Gasteiger partial charge in [-0.1, -0.05) is 0 Å². The van der Waals surface area contributed by atoms with E-state index < -0.39 is 10.8 Å². The summed E-state index contributed by atoms with van der Waals surface area (Å²) in [6.07, 6.45) is 6.24. The number of fused-ring (bicyclic) bond motifs is 1. The Kier molecular flexibility index (Phi) is 10.5. The molecule has 4 heterocycles. The smallest absolute Gasteiger partial charge is 0.253 e. The number of nitrogens with one attached hydrogen (secondary N) is 3. The van der Waals surface area contributed by atoms with E-state index in [2.05, 4.69) is 20.9 Å². The number of rotatable bonds is 11. The Hall–Kier alpha value is -3.22. The van der Waals surface area contributed by atoms with Gasteiger partial charge in [-0.25, -0.2) is 4.98 Å². The maximum Gasteiger partial charge on any atom is 0.253 e. The maximum atomic E-state index is 13.1. The van der Waals surface area contributed by atoms with Gasteiger partial charge in [0.2, 0.25) is 5.95 Å². The number of ether oxygens (including phenoxy) is 2. The summed E-state index contributed by atoms with van der Waals surface area (Å²) in [5, 5.41) is 9.88. The van der Waals surface area contributed by atoms with Crippen LogP contribution in [-0.4, -0.2) is 103 Å². The van der Waals surface area contributed by atoms with E-state index >= 15 is 0 Å². The summed E-state index contributed by atoms with van der Waals surface area (Å²) in [7, 11) is 4.54. The van der Waals surface area contributed by atoms with Crippen LogP contribution in [0, 0.1) is 0 Å². The lowest BCUT2D eigenvalue weighted by Crippen LogP contribution is -2.41. The van der Waals surface area contributed by atoms with Crippen molar-refractivity contribution in [3.8, 4) is 5.75 Å². The third-order valence-electron chi connectivity index (χ3n) is 8.44. The molecule has 43 heavy (non-hydrogen) atoms. The minimum absolute atomic E-state index is 0.0266. The number of hydrogen-bond donors (Lipinski definition) is 3. The molecule has 234 valence electrons. The van der Waals surface area contributed by atoms with Crippen molar-refractivity contribution in [3.05, 3.63) is 47.3 Å². The minimum Gasteiger partial charge on any atom is -0.490 e. The van der Waals surface area contributed by atoms with Crippen LogP contribution in [0.3, 0.4) is 0 Å². The number of anilines is 2. The Morgan fingerprint density at radius 2 is 1.88 bits per heavy atom. The van der Waals surface area contributed by atoms with E-state index in [-0.39, 0.29) is 24.1 Å². The van der Waals surface area contributed by atoms with Gasteiger partial charge in [-0.2, -0.15) is 4.98 Å². The molecule has 0 aliphatic carbocycles. The van der Waals surface area contributed by atoms with Crippen LogP contribution in [0.4, 0.5) is 11.8 Å². The van der Waals surface area contributed by atoms with Crippen molar-refractivity contribution in [1.29, 1.82) is 0 Å². The van der Waals surface area contributed by atoms with Crippen LogP contribution in [0.25, 0.3) is 0 Å². The zero-order chi connectivity index (χ0) is 30.3. The van der Waals surface area contributed by atoms with Gasteiger partial charge in [0.05, 0.1) is 16.5 Å². The number of benzene rings is 1. The number of piperidine rings is 1. The van der Waals surface area contributed by atoms with E-state index in [1.54, 1.807) is 4.90 Å². The highest BCUT2D eigenvalue weighted by Crippen LogP contribution is 2.32. The molecule has 2 fully saturated rings. The highest BCUT2D eigenvalue weighted by atomic mass is 32.2. The molecule has 2 atom stereocenters. The van der Waals surface area contributed by atoms with Gasteiger partial charge < -0.3 is 35.2 Å². The number of nitrogens with zero attached hydrogens (tertiary/aromatic N) is 4. The fourth-order valence-corrected chi connectivity index (χ4v) is 7.18. The van der Waals surface area contributed by atoms with Gasteiger partial charge in [0.25, 0.3) is 5.91 Å². The summed E-state index contributed by atoms with van der Waals surface area (Å²) >= 11 is 0. The molecule has 3 aliphatic rings. The lowest BCUT2D eigenvalue weighted by molar-refractivity contribution is 0.0787. The van der Waals surface area contributed by atoms with Crippen LogP contribution in [0.15, 0.2) is 40.9 Å². The third kappa shape index (κ3) is 7.66. The first-order valence-electron chi connectivity index (χ1n) is 15.3. The van der Waals surface area contributed by atoms with Gasteiger partial charge in [-0.15, -0.1) is 0 Å². The lowest BCUT2D eigenvalue weighted by atomic mass is 10.1. The van der Waals surface area contributed by atoms with Gasteiger partial charge in [-0.3, -0.25) is 9.00 Å². The molecule has 5 rings (SSSR count). The molecular weight excluding hydrogens is 566 g/mol. The first-order valence-corrected chi connectivity index (χ1v) is 16.6. The fourth-order valence-electron chi connectivity index (χ4n) is 5.87. The number of hydrogen-bond acceptors (Lipinski definition) is 10. The van der Waals surface area contributed by atoms with Crippen molar-refractivity contribution in [3.63, 3.8) is 0 Å². The predicted molar refractivity (Wildman–Crippen MR) is 169 cm³/mol. The van der Waals surface area contributed by atoms with Gasteiger partial charge in [-0.05, 0) is 62.9 Å². The number of aromatic nitrogens is 2. The molecule has 0 spiro atoms. The monoisotopic (exact) mass is 611 g/mol. The van der Waals surface area contributed by atoms with Crippen LogP contribution >= 0.6 is 0 Å². The minimum atomic E-state index is -1.06. The summed E-state index contributed by atoms with van der Waals surface area (Å²) in [4.78, 5) is 27.5. The first kappa shape index (κ1) is 31.2. The first-order chi connectivity index (χ1) is 20.9. The second-order valence-corrected chi connectivity index (χ2v) is 13.0. The summed E-state index contributed by atoms with van der Waals surface area (Å²) in [6.45, 7) is 5.62. The fraction of sp³-hybridized carbons (Fsp3) is 0.581. The summed E-state index contributed by atoms with van der Waals surface area (Å²) < 4.78 is 24.5. The molecule has 0 radical (unpaired) electrons. The maximum absolute atomic E-state index is 13.1. The normalized spacial score (nSPS) is 20.4. The molecule has 1 aromatic carbocycles. The number of carbonyl (C=O) groups excluding carboxylic acids is 1. The Morgan fingerprint density at radius 1 is 1.16 bits per heavy atom. The molecule has 2 aromatic rings. The van der Waals surface area contributed by atoms with E-state index in [1.807, 2.05) is 58.5 Å². The van der Waals surface area contributed by atoms with Gasteiger partial charge in [0.1, 0.15) is 22.6 Å². The summed E-state index contributed by atoms with van der Waals surface area (Å²) in [5.41, 5.74) is 2.67.